The van der Waals surface area contributed by atoms with Crippen molar-refractivity contribution in [2.24, 2.45) is 5.92 Å². The minimum Gasteiger partial charge on any atom is -0.497 e. The number of benzene rings is 2. The van der Waals surface area contributed by atoms with E-state index in [0.717, 1.165) is 18.4 Å². The maximum atomic E-state index is 13.0. The summed E-state index contributed by atoms with van der Waals surface area (Å²) in [6.45, 7) is 3.06. The molecule has 4 rings (SSSR count). The highest BCUT2D eigenvalue weighted by molar-refractivity contribution is 5.98. The minimum atomic E-state index is -0.629. The molecule has 1 atom stereocenters. The van der Waals surface area contributed by atoms with Crippen LogP contribution < -0.4 is 15.4 Å². The molecule has 0 aromatic heterocycles. The molecule has 1 unspecified atom stereocenters. The van der Waals surface area contributed by atoms with Gasteiger partial charge in [-0.2, -0.15) is 0 Å². The van der Waals surface area contributed by atoms with Gasteiger partial charge in [-0.1, -0.05) is 18.2 Å². The van der Waals surface area contributed by atoms with E-state index in [1.807, 2.05) is 36.1 Å². The van der Waals surface area contributed by atoms with Gasteiger partial charge in [0.1, 0.15) is 11.8 Å². The zero-order chi connectivity index (χ0) is 23.4. The van der Waals surface area contributed by atoms with Crippen molar-refractivity contribution in [2.75, 3.05) is 20.2 Å². The zero-order valence-electron chi connectivity index (χ0n) is 19.2. The highest BCUT2D eigenvalue weighted by atomic mass is 16.5. The number of hydrogen-bond acceptors (Lipinski definition) is 4. The molecule has 1 aliphatic heterocycles. The molecule has 2 N–H and O–H groups in total. The van der Waals surface area contributed by atoms with Crippen LogP contribution in [0.2, 0.25) is 0 Å². The van der Waals surface area contributed by atoms with E-state index in [2.05, 4.69) is 10.6 Å². The number of piperidine rings is 1. The van der Waals surface area contributed by atoms with E-state index in [0.29, 0.717) is 42.8 Å². The molecule has 3 amide bonds. The van der Waals surface area contributed by atoms with Gasteiger partial charge in [0.15, 0.2) is 0 Å². The molecular weight excluding hydrogens is 418 g/mol. The second-order valence-electron chi connectivity index (χ2n) is 8.91. The molecule has 1 aliphatic carbocycles. The van der Waals surface area contributed by atoms with Gasteiger partial charge in [-0.25, -0.2) is 0 Å². The van der Waals surface area contributed by atoms with E-state index in [1.54, 1.807) is 31.4 Å². The Labute approximate surface area is 194 Å². The maximum absolute atomic E-state index is 13.0. The van der Waals surface area contributed by atoms with Crippen molar-refractivity contribution in [1.82, 2.24) is 15.5 Å². The first-order valence-electron chi connectivity index (χ1n) is 11.6. The summed E-state index contributed by atoms with van der Waals surface area (Å²) in [5, 5.41) is 6.00. The van der Waals surface area contributed by atoms with Crippen LogP contribution in [0.4, 0.5) is 0 Å². The van der Waals surface area contributed by atoms with Crippen LogP contribution in [0.15, 0.2) is 48.5 Å². The summed E-state index contributed by atoms with van der Waals surface area (Å²) in [5.41, 5.74) is 2.15. The zero-order valence-corrected chi connectivity index (χ0v) is 19.2. The fraction of sp³-hybridized carbons (Fsp3) is 0.423. The number of hydrogen-bond donors (Lipinski definition) is 2. The van der Waals surface area contributed by atoms with Gasteiger partial charge in [-0.15, -0.1) is 0 Å². The van der Waals surface area contributed by atoms with Crippen molar-refractivity contribution in [1.29, 1.82) is 0 Å². The normalized spacial score (nSPS) is 17.2. The number of methoxy groups -OCH3 is 1. The number of amides is 3. The van der Waals surface area contributed by atoms with E-state index in [4.69, 9.17) is 4.74 Å². The third kappa shape index (κ3) is 5.53. The Morgan fingerprint density at radius 2 is 1.64 bits per heavy atom. The molecule has 2 fully saturated rings. The number of aryl methyl sites for hydroxylation is 1. The van der Waals surface area contributed by atoms with Crippen LogP contribution in [-0.2, 0) is 4.79 Å². The summed E-state index contributed by atoms with van der Waals surface area (Å²) in [7, 11) is 1.57. The topological polar surface area (TPSA) is 87.7 Å². The Morgan fingerprint density at radius 3 is 2.24 bits per heavy atom. The summed E-state index contributed by atoms with van der Waals surface area (Å²) in [5.74, 6) is 0.231. The SMILES string of the molecule is COc1ccc(C(=O)NC(C(=O)NC2CC2)C2CCN(C(=O)c3ccccc3C)CC2)cc1. The van der Waals surface area contributed by atoms with Crippen molar-refractivity contribution >= 4 is 17.7 Å². The molecule has 0 radical (unpaired) electrons. The summed E-state index contributed by atoms with van der Waals surface area (Å²) in [6, 6.07) is 14.0. The second kappa shape index (κ2) is 10.1. The Kier molecular flexibility index (Phi) is 6.96. The van der Waals surface area contributed by atoms with Crippen LogP contribution in [0.1, 0.15) is 52.0 Å². The van der Waals surface area contributed by atoms with Crippen molar-refractivity contribution < 1.29 is 19.1 Å². The van der Waals surface area contributed by atoms with E-state index >= 15 is 0 Å². The van der Waals surface area contributed by atoms with Crippen LogP contribution in [0.5, 0.6) is 5.75 Å². The molecule has 2 aliphatic rings. The molecule has 1 saturated heterocycles. The van der Waals surface area contributed by atoms with E-state index < -0.39 is 6.04 Å². The van der Waals surface area contributed by atoms with Gasteiger partial charge in [0.2, 0.25) is 5.91 Å². The van der Waals surface area contributed by atoms with Crippen LogP contribution in [0.25, 0.3) is 0 Å². The van der Waals surface area contributed by atoms with Crippen molar-refractivity contribution in [3.63, 3.8) is 0 Å². The van der Waals surface area contributed by atoms with Crippen LogP contribution in [-0.4, -0.2) is 54.9 Å². The smallest absolute Gasteiger partial charge is 0.254 e. The lowest BCUT2D eigenvalue weighted by Crippen LogP contribution is -2.54. The maximum Gasteiger partial charge on any atom is 0.254 e. The lowest BCUT2D eigenvalue weighted by atomic mass is 9.88. The monoisotopic (exact) mass is 449 g/mol. The molecule has 0 bridgehead atoms. The number of likely N-dealkylation sites (tertiary alicyclic amines) is 1. The number of rotatable bonds is 7. The predicted molar refractivity (Wildman–Crippen MR) is 125 cm³/mol. The average molecular weight is 450 g/mol. The first-order valence-corrected chi connectivity index (χ1v) is 11.6. The Bertz CT molecular complexity index is 1010. The van der Waals surface area contributed by atoms with Gasteiger partial charge < -0.3 is 20.3 Å². The molecule has 2 aromatic rings. The number of nitrogens with zero attached hydrogens (tertiary/aromatic N) is 1. The number of carbonyl (C=O) groups excluding carboxylic acids is 3. The lowest BCUT2D eigenvalue weighted by molar-refractivity contribution is -0.124. The number of nitrogens with one attached hydrogen (secondary N) is 2. The fourth-order valence-corrected chi connectivity index (χ4v) is 4.30. The molecule has 7 nitrogen and oxygen atoms in total. The third-order valence-corrected chi connectivity index (χ3v) is 6.52. The molecule has 1 saturated carbocycles. The number of carbonyl (C=O) groups is 3. The highest BCUT2D eigenvalue weighted by Crippen LogP contribution is 2.25. The van der Waals surface area contributed by atoms with Gasteiger partial charge in [0.05, 0.1) is 7.11 Å². The Balaban J connectivity index is 1.42. The van der Waals surface area contributed by atoms with Gasteiger partial charge in [-0.05, 0) is 74.4 Å². The Morgan fingerprint density at radius 1 is 0.970 bits per heavy atom. The largest absolute Gasteiger partial charge is 0.497 e. The van der Waals surface area contributed by atoms with Gasteiger partial charge in [0.25, 0.3) is 11.8 Å². The molecule has 1 heterocycles. The Hall–Kier alpha value is -3.35. The molecule has 2 aromatic carbocycles. The second-order valence-corrected chi connectivity index (χ2v) is 8.91. The number of ether oxygens (including phenoxy) is 1. The molecular formula is C26H31N3O4. The summed E-state index contributed by atoms with van der Waals surface area (Å²) < 4.78 is 5.15. The predicted octanol–water partition coefficient (Wildman–Crippen LogP) is 2.93. The molecule has 7 heteroatoms. The third-order valence-electron chi connectivity index (χ3n) is 6.52. The quantitative estimate of drug-likeness (QED) is 0.680. The summed E-state index contributed by atoms with van der Waals surface area (Å²) in [4.78, 5) is 40.7. The first kappa shape index (κ1) is 22.8. The van der Waals surface area contributed by atoms with Crippen molar-refractivity contribution in [3.05, 3.63) is 65.2 Å². The van der Waals surface area contributed by atoms with Crippen LogP contribution >= 0.6 is 0 Å². The fourth-order valence-electron chi connectivity index (χ4n) is 4.30. The summed E-state index contributed by atoms with van der Waals surface area (Å²) in [6.07, 6.45) is 3.27. The van der Waals surface area contributed by atoms with Crippen LogP contribution in [0.3, 0.4) is 0 Å². The average Bonchev–Trinajstić information content (AvgIpc) is 3.66. The van der Waals surface area contributed by atoms with E-state index in [-0.39, 0.29) is 29.7 Å². The molecule has 174 valence electrons. The standard InChI is InChI=1S/C26H31N3O4/c1-17-5-3-4-6-22(17)26(32)29-15-13-18(14-16-29)23(25(31)27-20-9-10-20)28-24(30)19-7-11-21(33-2)12-8-19/h3-8,11-12,18,20,23H,9-10,13-16H2,1-2H3,(H,27,31)(H,28,30). The molecule has 0 spiro atoms. The highest BCUT2D eigenvalue weighted by Gasteiger charge is 2.36. The van der Waals surface area contributed by atoms with Crippen LogP contribution in [0, 0.1) is 12.8 Å². The van der Waals surface area contributed by atoms with E-state index in [1.165, 1.54) is 0 Å². The molecule has 33 heavy (non-hydrogen) atoms. The first-order chi connectivity index (χ1) is 16.0. The van der Waals surface area contributed by atoms with Gasteiger partial charge >= 0.3 is 0 Å². The van der Waals surface area contributed by atoms with Crippen molar-refractivity contribution in [3.8, 4) is 5.75 Å². The lowest BCUT2D eigenvalue weighted by Gasteiger charge is -2.36. The summed E-state index contributed by atoms with van der Waals surface area (Å²) >= 11 is 0. The van der Waals surface area contributed by atoms with E-state index in [9.17, 15) is 14.4 Å². The van der Waals surface area contributed by atoms with Gasteiger partial charge in [-0.3, -0.25) is 14.4 Å². The van der Waals surface area contributed by atoms with Crippen molar-refractivity contribution in [2.45, 2.75) is 44.7 Å². The minimum absolute atomic E-state index is 0.0211. The van der Waals surface area contributed by atoms with Gasteiger partial charge in [0, 0.05) is 30.3 Å².